The molecule has 0 saturated heterocycles. The van der Waals surface area contributed by atoms with Crippen molar-refractivity contribution < 1.29 is 14.3 Å². The Labute approximate surface area is 174 Å². The monoisotopic (exact) mass is 412 g/mol. The number of methoxy groups -OCH3 is 2. The van der Waals surface area contributed by atoms with Gasteiger partial charge in [0.05, 0.1) is 37.9 Å². The molecule has 2 aliphatic rings. The number of hydrazone groups is 1. The van der Waals surface area contributed by atoms with Crippen LogP contribution in [0.2, 0.25) is 0 Å². The van der Waals surface area contributed by atoms with Crippen LogP contribution in [-0.2, 0) is 11.3 Å². The second kappa shape index (κ2) is 7.51. The number of hydrogen-bond donors (Lipinski definition) is 0. The van der Waals surface area contributed by atoms with E-state index >= 15 is 0 Å². The van der Waals surface area contributed by atoms with Crippen LogP contribution in [-0.4, -0.2) is 53.2 Å². The van der Waals surface area contributed by atoms with Gasteiger partial charge in [-0.25, -0.2) is 9.38 Å². The molecule has 1 aromatic heterocycles. The van der Waals surface area contributed by atoms with Gasteiger partial charge in [-0.3, -0.25) is 4.79 Å². The fourth-order valence-corrected chi connectivity index (χ4v) is 4.30. The van der Waals surface area contributed by atoms with E-state index in [4.69, 9.17) is 9.47 Å². The summed E-state index contributed by atoms with van der Waals surface area (Å²) >= 11 is 1.47. The van der Waals surface area contributed by atoms with E-state index in [2.05, 4.69) is 23.3 Å². The molecular formula is C21H24N4O3S. The van der Waals surface area contributed by atoms with Crippen LogP contribution in [0.1, 0.15) is 29.9 Å². The van der Waals surface area contributed by atoms with Gasteiger partial charge in [-0.1, -0.05) is 13.8 Å². The fraction of sp³-hybridized carbons (Fsp3) is 0.381. The number of benzene rings is 1. The Balaban J connectivity index is 1.52. The molecule has 8 heteroatoms. The molecule has 0 saturated carbocycles. The molecule has 0 radical (unpaired) electrons. The van der Waals surface area contributed by atoms with Gasteiger partial charge in [0.2, 0.25) is 0 Å². The molecule has 1 aromatic carbocycles. The number of carbonyl (C=O) groups excluding carboxylic acids is 1. The Kier molecular flexibility index (Phi) is 5.04. The lowest BCUT2D eigenvalue weighted by molar-refractivity contribution is -0.132. The largest absolute Gasteiger partial charge is 0.493 e. The Morgan fingerprint density at radius 3 is 2.79 bits per heavy atom. The number of aromatic nitrogens is 1. The minimum absolute atomic E-state index is 0.0233. The number of carbonyl (C=O) groups is 1. The van der Waals surface area contributed by atoms with Gasteiger partial charge in [-0.05, 0) is 35.8 Å². The van der Waals surface area contributed by atoms with Crippen LogP contribution in [0.5, 0.6) is 11.5 Å². The van der Waals surface area contributed by atoms with E-state index in [9.17, 15) is 4.79 Å². The zero-order valence-corrected chi connectivity index (χ0v) is 17.8. The highest BCUT2D eigenvalue weighted by molar-refractivity contribution is 7.06. The minimum Gasteiger partial charge on any atom is -0.493 e. The Morgan fingerprint density at radius 2 is 2.03 bits per heavy atom. The van der Waals surface area contributed by atoms with E-state index in [1.165, 1.54) is 11.5 Å². The number of amides is 1. The standard InChI is InChI=1S/C21H24N4O3S/c1-21(2)13-25(19(26)12-24-8-7-18-15(11-24)10-22-29-18)23-20(21)14-5-6-16(27-3)17(9-14)28-4/h5-10H,11-13H2,1-4H3. The Morgan fingerprint density at radius 1 is 1.24 bits per heavy atom. The van der Waals surface area contributed by atoms with Crippen molar-refractivity contribution in [2.75, 3.05) is 27.3 Å². The van der Waals surface area contributed by atoms with Crippen molar-refractivity contribution in [3.05, 3.63) is 46.6 Å². The van der Waals surface area contributed by atoms with Crippen molar-refractivity contribution in [1.29, 1.82) is 0 Å². The van der Waals surface area contributed by atoms with Crippen LogP contribution >= 0.6 is 11.5 Å². The highest BCUT2D eigenvalue weighted by Crippen LogP contribution is 2.35. The Bertz CT molecular complexity index is 996. The van der Waals surface area contributed by atoms with E-state index in [1.807, 2.05) is 41.6 Å². The molecule has 0 atom stereocenters. The maximum absolute atomic E-state index is 12.9. The van der Waals surface area contributed by atoms with Crippen LogP contribution in [0.4, 0.5) is 0 Å². The summed E-state index contributed by atoms with van der Waals surface area (Å²) in [6.45, 7) is 5.71. The van der Waals surface area contributed by atoms with E-state index < -0.39 is 0 Å². The van der Waals surface area contributed by atoms with Gasteiger partial charge in [0.1, 0.15) is 0 Å². The van der Waals surface area contributed by atoms with Gasteiger partial charge in [-0.15, -0.1) is 0 Å². The van der Waals surface area contributed by atoms with Gasteiger partial charge < -0.3 is 14.4 Å². The summed E-state index contributed by atoms with van der Waals surface area (Å²) in [5.74, 6) is 1.29. The molecule has 3 heterocycles. The number of nitrogens with zero attached hydrogens (tertiary/aromatic N) is 4. The third-order valence-corrected chi connectivity index (χ3v) is 5.98. The summed E-state index contributed by atoms with van der Waals surface area (Å²) in [5, 5.41) is 6.27. The Hall–Kier alpha value is -2.87. The molecule has 0 bridgehead atoms. The maximum atomic E-state index is 12.9. The van der Waals surface area contributed by atoms with Crippen LogP contribution in [0.25, 0.3) is 6.08 Å². The van der Waals surface area contributed by atoms with Crippen LogP contribution in [0.15, 0.2) is 35.7 Å². The fourth-order valence-electron chi connectivity index (χ4n) is 3.65. The average molecular weight is 413 g/mol. The molecule has 0 fully saturated rings. The van der Waals surface area contributed by atoms with E-state index in [0.717, 1.165) is 21.7 Å². The molecule has 2 aliphatic heterocycles. The molecule has 1 amide bonds. The van der Waals surface area contributed by atoms with E-state index in [1.54, 1.807) is 19.2 Å². The topological polar surface area (TPSA) is 67.3 Å². The molecule has 29 heavy (non-hydrogen) atoms. The lowest BCUT2D eigenvalue weighted by Gasteiger charge is -2.25. The number of ether oxygens (including phenoxy) is 2. The molecule has 0 unspecified atom stereocenters. The number of hydrogen-bond acceptors (Lipinski definition) is 7. The SMILES string of the molecule is COc1ccc(C2=NN(C(=O)CN3C=Cc4sncc4C3)CC2(C)C)cc1OC. The second-order valence-corrected chi connectivity index (χ2v) is 8.62. The van der Waals surface area contributed by atoms with Gasteiger partial charge >= 0.3 is 0 Å². The summed E-state index contributed by atoms with van der Waals surface area (Å²) in [6.07, 6.45) is 5.84. The van der Waals surface area contributed by atoms with Gasteiger partial charge in [0.25, 0.3) is 5.91 Å². The second-order valence-electron chi connectivity index (χ2n) is 7.79. The maximum Gasteiger partial charge on any atom is 0.262 e. The first-order valence-electron chi connectivity index (χ1n) is 9.39. The molecule has 0 aliphatic carbocycles. The number of fused-ring (bicyclic) bond motifs is 1. The normalized spacial score (nSPS) is 17.2. The lowest BCUT2D eigenvalue weighted by Crippen LogP contribution is -2.37. The van der Waals surface area contributed by atoms with Crippen molar-refractivity contribution in [3.8, 4) is 11.5 Å². The van der Waals surface area contributed by atoms with Crippen molar-refractivity contribution in [2.45, 2.75) is 20.4 Å². The smallest absolute Gasteiger partial charge is 0.262 e. The third kappa shape index (κ3) is 3.72. The summed E-state index contributed by atoms with van der Waals surface area (Å²) in [5.41, 5.74) is 2.68. The van der Waals surface area contributed by atoms with Crippen LogP contribution in [0, 0.1) is 5.41 Å². The molecule has 0 spiro atoms. The van der Waals surface area contributed by atoms with Crippen LogP contribution in [0.3, 0.4) is 0 Å². The van der Waals surface area contributed by atoms with Crippen molar-refractivity contribution >= 4 is 29.2 Å². The predicted octanol–water partition coefficient (Wildman–Crippen LogP) is 3.22. The molecule has 2 aromatic rings. The van der Waals surface area contributed by atoms with Gasteiger partial charge in [0, 0.05) is 35.5 Å². The van der Waals surface area contributed by atoms with Crippen molar-refractivity contribution in [1.82, 2.24) is 14.3 Å². The summed E-state index contributed by atoms with van der Waals surface area (Å²) in [6, 6.07) is 5.72. The summed E-state index contributed by atoms with van der Waals surface area (Å²) in [7, 11) is 3.22. The highest BCUT2D eigenvalue weighted by atomic mass is 32.1. The first-order valence-corrected chi connectivity index (χ1v) is 10.2. The zero-order valence-electron chi connectivity index (χ0n) is 17.0. The van der Waals surface area contributed by atoms with E-state index in [0.29, 0.717) is 24.6 Å². The van der Waals surface area contributed by atoms with Gasteiger partial charge in [0.15, 0.2) is 11.5 Å². The highest BCUT2D eigenvalue weighted by Gasteiger charge is 2.38. The van der Waals surface area contributed by atoms with Crippen LogP contribution < -0.4 is 9.47 Å². The third-order valence-electron chi connectivity index (χ3n) is 5.18. The van der Waals surface area contributed by atoms with Gasteiger partial charge in [-0.2, -0.15) is 5.10 Å². The molecule has 7 nitrogen and oxygen atoms in total. The quantitative estimate of drug-likeness (QED) is 0.754. The number of rotatable bonds is 5. The zero-order chi connectivity index (χ0) is 20.6. The molecular weight excluding hydrogens is 388 g/mol. The molecule has 0 N–H and O–H groups in total. The summed E-state index contributed by atoms with van der Waals surface area (Å²) < 4.78 is 15.0. The average Bonchev–Trinajstić information content (AvgIpc) is 3.30. The summed E-state index contributed by atoms with van der Waals surface area (Å²) in [4.78, 5) is 16.1. The predicted molar refractivity (Wildman–Crippen MR) is 113 cm³/mol. The first-order chi connectivity index (χ1) is 13.9. The van der Waals surface area contributed by atoms with E-state index in [-0.39, 0.29) is 17.9 Å². The van der Waals surface area contributed by atoms with Crippen molar-refractivity contribution in [3.63, 3.8) is 0 Å². The molecule has 4 rings (SSSR count). The first kappa shape index (κ1) is 19.4. The minimum atomic E-state index is -0.266. The van der Waals surface area contributed by atoms with Crippen molar-refractivity contribution in [2.24, 2.45) is 10.5 Å². The molecule has 152 valence electrons. The lowest BCUT2D eigenvalue weighted by atomic mass is 9.84.